The number of rotatable bonds is 5. The molecule has 80 valence electrons. The number of pyridine rings is 1. The van der Waals surface area contributed by atoms with E-state index in [1.807, 2.05) is 17.8 Å². The number of nitrogen functional groups attached to an aromatic ring is 1. The number of aromatic nitrogens is 1. The van der Waals surface area contributed by atoms with Gasteiger partial charge in [0.25, 0.3) is 0 Å². The molecule has 0 aliphatic heterocycles. The van der Waals surface area contributed by atoms with Crippen LogP contribution in [0.5, 0.6) is 0 Å². The monoisotopic (exact) mass is 222 g/mol. The highest BCUT2D eigenvalue weighted by Gasteiger charge is 2.00. The molecule has 0 aliphatic carbocycles. The molecular weight excluding hydrogens is 208 g/mol. The van der Waals surface area contributed by atoms with Gasteiger partial charge in [0.15, 0.2) is 0 Å². The van der Waals surface area contributed by atoms with Gasteiger partial charge in [-0.15, -0.1) is 0 Å². The van der Waals surface area contributed by atoms with Gasteiger partial charge in [-0.3, -0.25) is 0 Å². The number of nitrogens with zero attached hydrogens (tertiary/aromatic N) is 2. The summed E-state index contributed by atoms with van der Waals surface area (Å²) in [5.74, 6) is 1.78. The second-order valence-corrected chi connectivity index (χ2v) is 4.03. The van der Waals surface area contributed by atoms with Crippen molar-refractivity contribution in [3.05, 3.63) is 17.8 Å². The quantitative estimate of drug-likeness (QED) is 0.742. The summed E-state index contributed by atoms with van der Waals surface area (Å²) < 4.78 is 0. The summed E-state index contributed by atoms with van der Waals surface area (Å²) >= 11 is 1.81. The Kier molecular flexibility index (Phi) is 4.78. The van der Waals surface area contributed by atoms with Crippen LogP contribution in [-0.2, 0) is 0 Å². The number of thioether (sulfide) groups is 1. The van der Waals surface area contributed by atoms with E-state index < -0.39 is 0 Å². The van der Waals surface area contributed by atoms with Crippen LogP contribution in [0.15, 0.2) is 12.3 Å². The molecule has 1 aromatic heterocycles. The molecule has 4 nitrogen and oxygen atoms in total. The summed E-state index contributed by atoms with van der Waals surface area (Å²) in [7, 11) is 0. The molecule has 15 heavy (non-hydrogen) atoms. The first-order valence-corrected chi connectivity index (χ1v) is 6.05. The number of nitriles is 1. The lowest BCUT2D eigenvalue weighted by Gasteiger charge is -2.07. The fraction of sp³-hybridized carbons (Fsp3) is 0.400. The Hall–Kier alpha value is -1.41. The standard InChI is InChI=1S/C10H14N4S/c1-15-4-2-3-13-10-9(12)5-8(6-11)7-14-10/h5,7H,2-4,12H2,1H3,(H,13,14). The van der Waals surface area contributed by atoms with Crippen LogP contribution in [0, 0.1) is 11.3 Å². The van der Waals surface area contributed by atoms with E-state index in [4.69, 9.17) is 11.0 Å². The minimum absolute atomic E-state index is 0.488. The van der Waals surface area contributed by atoms with Gasteiger partial charge in [-0.2, -0.15) is 17.0 Å². The van der Waals surface area contributed by atoms with Gasteiger partial charge in [0.1, 0.15) is 11.9 Å². The van der Waals surface area contributed by atoms with Gasteiger partial charge in [0.2, 0.25) is 0 Å². The molecule has 0 spiro atoms. The number of nitrogens with one attached hydrogen (secondary N) is 1. The lowest BCUT2D eigenvalue weighted by Crippen LogP contribution is -2.07. The van der Waals surface area contributed by atoms with E-state index in [1.165, 1.54) is 6.20 Å². The van der Waals surface area contributed by atoms with Crippen molar-refractivity contribution in [3.63, 3.8) is 0 Å². The molecule has 3 N–H and O–H groups in total. The van der Waals surface area contributed by atoms with Gasteiger partial charge in [-0.05, 0) is 24.5 Å². The van der Waals surface area contributed by atoms with Gasteiger partial charge in [-0.25, -0.2) is 4.98 Å². The molecule has 1 aromatic rings. The van der Waals surface area contributed by atoms with E-state index in [0.29, 0.717) is 17.1 Å². The third kappa shape index (κ3) is 3.68. The summed E-state index contributed by atoms with van der Waals surface area (Å²) in [6, 6.07) is 3.63. The van der Waals surface area contributed by atoms with Crippen LogP contribution < -0.4 is 11.1 Å². The van der Waals surface area contributed by atoms with Crippen molar-refractivity contribution >= 4 is 23.3 Å². The van der Waals surface area contributed by atoms with Crippen LogP contribution in [0.25, 0.3) is 0 Å². The summed E-state index contributed by atoms with van der Waals surface area (Å²) in [5, 5.41) is 11.8. The van der Waals surface area contributed by atoms with E-state index in [2.05, 4.69) is 16.6 Å². The fourth-order valence-corrected chi connectivity index (χ4v) is 1.55. The Labute approximate surface area is 93.9 Å². The van der Waals surface area contributed by atoms with Crippen molar-refractivity contribution in [2.24, 2.45) is 0 Å². The molecule has 1 heterocycles. The molecule has 0 bridgehead atoms. The van der Waals surface area contributed by atoms with Gasteiger partial charge < -0.3 is 11.1 Å². The predicted octanol–water partition coefficient (Wildman–Crippen LogP) is 1.70. The molecular formula is C10H14N4S. The fourth-order valence-electron chi connectivity index (χ4n) is 1.11. The average molecular weight is 222 g/mol. The number of hydrogen-bond donors (Lipinski definition) is 2. The molecule has 0 aromatic carbocycles. The zero-order chi connectivity index (χ0) is 11.1. The van der Waals surface area contributed by atoms with Crippen LogP contribution >= 0.6 is 11.8 Å². The third-order valence-corrected chi connectivity index (χ3v) is 2.56. The molecule has 0 saturated carbocycles. The zero-order valence-electron chi connectivity index (χ0n) is 8.66. The molecule has 1 rings (SSSR count). The van der Waals surface area contributed by atoms with E-state index in [9.17, 15) is 0 Å². The highest BCUT2D eigenvalue weighted by molar-refractivity contribution is 7.98. The minimum Gasteiger partial charge on any atom is -0.396 e. The maximum Gasteiger partial charge on any atom is 0.149 e. The largest absolute Gasteiger partial charge is 0.396 e. The van der Waals surface area contributed by atoms with E-state index in [0.717, 1.165) is 18.7 Å². The first-order chi connectivity index (χ1) is 7.27. The minimum atomic E-state index is 0.488. The summed E-state index contributed by atoms with van der Waals surface area (Å²) in [6.45, 7) is 0.851. The van der Waals surface area contributed by atoms with Crippen LogP contribution in [0.2, 0.25) is 0 Å². The first kappa shape index (κ1) is 11.7. The molecule has 0 fully saturated rings. The Morgan fingerprint density at radius 2 is 2.47 bits per heavy atom. The molecule has 5 heteroatoms. The van der Waals surface area contributed by atoms with Gasteiger partial charge in [0, 0.05) is 12.7 Å². The van der Waals surface area contributed by atoms with Crippen LogP contribution in [0.4, 0.5) is 11.5 Å². The van der Waals surface area contributed by atoms with Crippen molar-refractivity contribution in [2.75, 3.05) is 29.6 Å². The van der Waals surface area contributed by atoms with Crippen molar-refractivity contribution < 1.29 is 0 Å². The maximum absolute atomic E-state index is 8.63. The number of nitrogens with two attached hydrogens (primary N) is 1. The highest BCUT2D eigenvalue weighted by atomic mass is 32.2. The highest BCUT2D eigenvalue weighted by Crippen LogP contribution is 2.15. The number of hydrogen-bond acceptors (Lipinski definition) is 5. The maximum atomic E-state index is 8.63. The predicted molar refractivity (Wildman–Crippen MR) is 64.9 cm³/mol. The normalized spacial score (nSPS) is 9.60. The Morgan fingerprint density at radius 1 is 1.67 bits per heavy atom. The van der Waals surface area contributed by atoms with Crippen LogP contribution in [0.1, 0.15) is 12.0 Å². The Balaban J connectivity index is 2.52. The van der Waals surface area contributed by atoms with Crippen molar-refractivity contribution in [1.29, 1.82) is 5.26 Å². The molecule has 0 atom stereocenters. The number of anilines is 2. The van der Waals surface area contributed by atoms with Crippen molar-refractivity contribution in [3.8, 4) is 6.07 Å². The molecule has 0 amide bonds. The Morgan fingerprint density at radius 3 is 3.07 bits per heavy atom. The van der Waals surface area contributed by atoms with Gasteiger partial charge >= 0.3 is 0 Å². The smallest absolute Gasteiger partial charge is 0.149 e. The SMILES string of the molecule is CSCCCNc1ncc(C#N)cc1N. The lowest BCUT2D eigenvalue weighted by atomic mass is 10.3. The van der Waals surface area contributed by atoms with Gasteiger partial charge in [0.05, 0.1) is 11.3 Å². The van der Waals surface area contributed by atoms with Crippen molar-refractivity contribution in [2.45, 2.75) is 6.42 Å². The molecule has 0 unspecified atom stereocenters. The summed E-state index contributed by atoms with van der Waals surface area (Å²) in [6.07, 6.45) is 4.67. The Bertz CT molecular complexity index is 359. The second-order valence-electron chi connectivity index (χ2n) is 3.05. The van der Waals surface area contributed by atoms with Crippen molar-refractivity contribution in [1.82, 2.24) is 4.98 Å². The molecule has 0 aliphatic rings. The average Bonchev–Trinajstić information content (AvgIpc) is 2.26. The topological polar surface area (TPSA) is 74.7 Å². The van der Waals surface area contributed by atoms with E-state index >= 15 is 0 Å². The molecule has 0 radical (unpaired) electrons. The van der Waals surface area contributed by atoms with Crippen LogP contribution in [0.3, 0.4) is 0 Å². The second kappa shape index (κ2) is 6.14. The summed E-state index contributed by atoms with van der Waals surface area (Å²) in [4.78, 5) is 4.08. The molecule has 0 saturated heterocycles. The summed E-state index contributed by atoms with van der Waals surface area (Å²) in [5.41, 5.74) is 6.74. The zero-order valence-corrected chi connectivity index (χ0v) is 9.47. The van der Waals surface area contributed by atoms with E-state index in [-0.39, 0.29) is 0 Å². The van der Waals surface area contributed by atoms with E-state index in [1.54, 1.807) is 6.07 Å². The first-order valence-electron chi connectivity index (χ1n) is 4.66. The van der Waals surface area contributed by atoms with Gasteiger partial charge in [-0.1, -0.05) is 0 Å². The third-order valence-electron chi connectivity index (χ3n) is 1.86. The van der Waals surface area contributed by atoms with Crippen LogP contribution in [-0.4, -0.2) is 23.5 Å². The lowest BCUT2D eigenvalue weighted by molar-refractivity contribution is 0.982.